The Labute approximate surface area is 152 Å². The summed E-state index contributed by atoms with van der Waals surface area (Å²) < 4.78 is 27.7. The number of rotatable bonds is 4. The minimum absolute atomic E-state index is 0.104. The summed E-state index contributed by atoms with van der Waals surface area (Å²) in [5.74, 6) is -0.387. The lowest BCUT2D eigenvalue weighted by Crippen LogP contribution is -2.29. The number of anilines is 1. The highest BCUT2D eigenvalue weighted by atomic mass is 127. The molecule has 1 N–H and O–H groups in total. The first kappa shape index (κ1) is 16.9. The summed E-state index contributed by atoms with van der Waals surface area (Å²) >= 11 is 3.28. The Morgan fingerprint density at radius 3 is 2.57 bits per heavy atom. The molecule has 0 unspecified atom stereocenters. The van der Waals surface area contributed by atoms with Crippen LogP contribution < -0.4 is 5.32 Å². The largest absolute Gasteiger partial charge is 0.320 e. The van der Waals surface area contributed by atoms with Crippen LogP contribution in [0.5, 0.6) is 0 Å². The zero-order valence-electron chi connectivity index (χ0n) is 12.2. The van der Waals surface area contributed by atoms with Crippen LogP contribution in [0, 0.1) is 3.57 Å². The van der Waals surface area contributed by atoms with Crippen LogP contribution in [-0.4, -0.2) is 31.7 Å². The third-order valence-corrected chi connectivity index (χ3v) is 7.56. The van der Waals surface area contributed by atoms with Gasteiger partial charge in [-0.15, -0.1) is 11.3 Å². The molecule has 0 bridgehead atoms. The van der Waals surface area contributed by atoms with Crippen molar-refractivity contribution >= 4 is 55.5 Å². The maximum atomic E-state index is 12.7. The van der Waals surface area contributed by atoms with E-state index in [4.69, 9.17) is 0 Å². The van der Waals surface area contributed by atoms with Gasteiger partial charge in [0.2, 0.25) is 10.0 Å². The molecule has 0 atom stereocenters. The number of hydrogen-bond donors (Lipinski definition) is 1. The van der Waals surface area contributed by atoms with E-state index in [9.17, 15) is 13.2 Å². The Morgan fingerprint density at radius 2 is 1.87 bits per heavy atom. The lowest BCUT2D eigenvalue weighted by atomic mass is 10.3. The minimum Gasteiger partial charge on any atom is -0.320 e. The molecular weight excluding hydrogens is 447 g/mol. The van der Waals surface area contributed by atoms with Gasteiger partial charge in [0.25, 0.3) is 5.91 Å². The first-order chi connectivity index (χ1) is 11.0. The fourth-order valence-electron chi connectivity index (χ4n) is 2.48. The summed E-state index contributed by atoms with van der Waals surface area (Å²) in [6.07, 6.45) is 1.74. The van der Waals surface area contributed by atoms with Gasteiger partial charge in [-0.3, -0.25) is 4.79 Å². The van der Waals surface area contributed by atoms with Crippen LogP contribution in [0.4, 0.5) is 5.69 Å². The molecule has 1 aromatic carbocycles. The van der Waals surface area contributed by atoms with Crippen LogP contribution in [0.25, 0.3) is 0 Å². The predicted molar refractivity (Wildman–Crippen MR) is 99.4 cm³/mol. The van der Waals surface area contributed by atoms with Crippen molar-refractivity contribution in [3.05, 3.63) is 44.2 Å². The second-order valence-corrected chi connectivity index (χ2v) is 9.14. The number of benzene rings is 1. The van der Waals surface area contributed by atoms with Crippen molar-refractivity contribution in [1.82, 2.24) is 4.31 Å². The lowest BCUT2D eigenvalue weighted by Gasteiger charge is -2.15. The second kappa shape index (κ2) is 6.88. The summed E-state index contributed by atoms with van der Waals surface area (Å²) in [6, 6.07) is 8.90. The monoisotopic (exact) mass is 462 g/mol. The van der Waals surface area contributed by atoms with E-state index in [1.807, 2.05) is 18.2 Å². The summed E-state index contributed by atoms with van der Waals surface area (Å²) in [4.78, 5) is 12.9. The molecule has 3 rings (SSSR count). The SMILES string of the molecule is O=C(Nc1ccccc1I)c1sccc1S(=O)(=O)N1CCCC1. The van der Waals surface area contributed by atoms with E-state index >= 15 is 0 Å². The number of para-hydroxylation sites is 1. The topological polar surface area (TPSA) is 66.5 Å². The van der Waals surface area contributed by atoms with Crippen LogP contribution in [0.3, 0.4) is 0 Å². The molecule has 5 nitrogen and oxygen atoms in total. The van der Waals surface area contributed by atoms with Crippen LogP contribution in [0.15, 0.2) is 40.6 Å². The summed E-state index contributed by atoms with van der Waals surface area (Å²) in [5.41, 5.74) is 0.677. The highest BCUT2D eigenvalue weighted by Crippen LogP contribution is 2.28. The van der Waals surface area contributed by atoms with Gasteiger partial charge in [0.05, 0.1) is 5.69 Å². The Balaban J connectivity index is 1.89. The van der Waals surface area contributed by atoms with Crippen molar-refractivity contribution in [2.45, 2.75) is 17.7 Å². The molecule has 0 saturated carbocycles. The van der Waals surface area contributed by atoms with Crippen molar-refractivity contribution in [2.24, 2.45) is 0 Å². The molecule has 1 aromatic heterocycles. The number of nitrogens with one attached hydrogen (secondary N) is 1. The van der Waals surface area contributed by atoms with Crippen molar-refractivity contribution in [3.63, 3.8) is 0 Å². The zero-order valence-corrected chi connectivity index (χ0v) is 15.9. The standard InChI is InChI=1S/C15H15IN2O3S2/c16-11-5-1-2-6-12(11)17-15(19)14-13(7-10-22-14)23(20,21)18-8-3-4-9-18/h1-2,5-7,10H,3-4,8-9H2,(H,17,19). The van der Waals surface area contributed by atoms with Crippen molar-refractivity contribution in [3.8, 4) is 0 Å². The fraction of sp³-hybridized carbons (Fsp3) is 0.267. The molecule has 2 aromatic rings. The molecule has 0 aliphatic carbocycles. The number of hydrogen-bond acceptors (Lipinski definition) is 4. The Morgan fingerprint density at radius 1 is 1.17 bits per heavy atom. The zero-order chi connectivity index (χ0) is 16.4. The molecule has 1 saturated heterocycles. The fourth-order valence-corrected chi connectivity index (χ4v) is 5.81. The van der Waals surface area contributed by atoms with E-state index in [0.717, 1.165) is 27.7 Å². The molecule has 1 fully saturated rings. The van der Waals surface area contributed by atoms with Crippen LogP contribution in [0.1, 0.15) is 22.5 Å². The predicted octanol–water partition coefficient (Wildman–Crippen LogP) is 3.39. The first-order valence-corrected chi connectivity index (χ1v) is 10.5. The molecule has 0 spiro atoms. The van der Waals surface area contributed by atoms with Crippen LogP contribution in [-0.2, 0) is 10.0 Å². The average molecular weight is 462 g/mol. The van der Waals surface area contributed by atoms with Crippen LogP contribution >= 0.6 is 33.9 Å². The van der Waals surface area contributed by atoms with Gasteiger partial charge in [-0.1, -0.05) is 12.1 Å². The van der Waals surface area contributed by atoms with Gasteiger partial charge in [0.1, 0.15) is 9.77 Å². The molecule has 122 valence electrons. The molecule has 0 radical (unpaired) electrons. The number of thiophene rings is 1. The Kier molecular flexibility index (Phi) is 5.04. The van der Waals surface area contributed by atoms with Gasteiger partial charge in [-0.25, -0.2) is 8.42 Å². The number of sulfonamides is 1. The van der Waals surface area contributed by atoms with Crippen LogP contribution in [0.2, 0.25) is 0 Å². The quantitative estimate of drug-likeness (QED) is 0.709. The molecule has 8 heteroatoms. The first-order valence-electron chi connectivity index (χ1n) is 7.13. The van der Waals surface area contributed by atoms with Gasteiger partial charge in [-0.2, -0.15) is 4.31 Å². The van der Waals surface area contributed by atoms with Crippen molar-refractivity contribution in [1.29, 1.82) is 0 Å². The number of carbonyl (C=O) groups is 1. The smallest absolute Gasteiger partial charge is 0.267 e. The molecular formula is C15H15IN2O3S2. The third-order valence-electron chi connectivity index (χ3n) is 3.64. The maximum absolute atomic E-state index is 12.7. The molecule has 1 aliphatic heterocycles. The Bertz CT molecular complexity index is 827. The van der Waals surface area contributed by atoms with Gasteiger partial charge in [0.15, 0.2) is 0 Å². The highest BCUT2D eigenvalue weighted by molar-refractivity contribution is 14.1. The normalized spacial score (nSPS) is 15.7. The van der Waals surface area contributed by atoms with E-state index in [-0.39, 0.29) is 15.7 Å². The van der Waals surface area contributed by atoms with Gasteiger partial charge in [0, 0.05) is 16.7 Å². The third kappa shape index (κ3) is 3.44. The second-order valence-electron chi connectivity index (χ2n) is 5.16. The van der Waals surface area contributed by atoms with E-state index in [2.05, 4.69) is 27.9 Å². The number of amides is 1. The number of halogens is 1. The number of nitrogens with zero attached hydrogens (tertiary/aromatic N) is 1. The maximum Gasteiger partial charge on any atom is 0.267 e. The molecule has 2 heterocycles. The molecule has 1 amide bonds. The van der Waals surface area contributed by atoms with E-state index in [0.29, 0.717) is 18.8 Å². The van der Waals surface area contributed by atoms with E-state index in [1.165, 1.54) is 10.4 Å². The van der Waals surface area contributed by atoms with E-state index < -0.39 is 10.0 Å². The summed E-state index contributed by atoms with van der Waals surface area (Å²) in [5, 5.41) is 4.44. The van der Waals surface area contributed by atoms with Gasteiger partial charge >= 0.3 is 0 Å². The number of carbonyl (C=O) groups excluding carboxylic acids is 1. The molecule has 23 heavy (non-hydrogen) atoms. The Hall–Kier alpha value is -0.970. The van der Waals surface area contributed by atoms with Gasteiger partial charge < -0.3 is 5.32 Å². The average Bonchev–Trinajstić information content (AvgIpc) is 3.21. The van der Waals surface area contributed by atoms with Crippen molar-refractivity contribution in [2.75, 3.05) is 18.4 Å². The minimum atomic E-state index is -3.59. The summed E-state index contributed by atoms with van der Waals surface area (Å²) in [6.45, 7) is 1.05. The molecule has 1 aliphatic rings. The lowest BCUT2D eigenvalue weighted by molar-refractivity contribution is 0.102. The summed E-state index contributed by atoms with van der Waals surface area (Å²) in [7, 11) is -3.59. The van der Waals surface area contributed by atoms with E-state index in [1.54, 1.807) is 11.4 Å². The van der Waals surface area contributed by atoms with Crippen molar-refractivity contribution < 1.29 is 13.2 Å². The van der Waals surface area contributed by atoms with Gasteiger partial charge in [-0.05, 0) is 59.0 Å². The highest BCUT2D eigenvalue weighted by Gasteiger charge is 2.31.